The van der Waals surface area contributed by atoms with E-state index >= 15 is 0 Å². The topological polar surface area (TPSA) is 90.3 Å². The van der Waals surface area contributed by atoms with E-state index in [1.807, 2.05) is 0 Å². The molecule has 2 aliphatic rings. The number of rotatable bonds is 5. The highest BCUT2D eigenvalue weighted by molar-refractivity contribution is 7.91. The van der Waals surface area contributed by atoms with Gasteiger partial charge >= 0.3 is 6.36 Å². The Morgan fingerprint density at radius 2 is 1.93 bits per heavy atom. The lowest BCUT2D eigenvalue weighted by Crippen LogP contribution is -2.48. The Bertz CT molecular complexity index is 867. The molecule has 4 rings (SSSR count). The van der Waals surface area contributed by atoms with Crippen LogP contribution in [0, 0.1) is 0 Å². The van der Waals surface area contributed by atoms with E-state index in [1.54, 1.807) is 0 Å². The van der Waals surface area contributed by atoms with Crippen LogP contribution in [0.2, 0.25) is 0 Å². The van der Waals surface area contributed by atoms with Gasteiger partial charge in [-0.2, -0.15) is 0 Å². The highest BCUT2D eigenvalue weighted by Crippen LogP contribution is 2.39. The summed E-state index contributed by atoms with van der Waals surface area (Å²) in [6.07, 6.45) is -1.67. The number of halogens is 3. The molecule has 0 bridgehead atoms. The maximum Gasteiger partial charge on any atom is 0.573 e. The van der Waals surface area contributed by atoms with Crippen LogP contribution in [0.3, 0.4) is 0 Å². The molecule has 1 aromatic heterocycles. The number of benzene rings is 1. The van der Waals surface area contributed by atoms with Crippen molar-refractivity contribution < 1.29 is 27.6 Å². The summed E-state index contributed by atoms with van der Waals surface area (Å²) < 4.78 is 53.3. The van der Waals surface area contributed by atoms with Crippen molar-refractivity contribution >= 4 is 17.0 Å². The number of aryl methyl sites for hydroxylation is 1. The number of ether oxygens (including phenoxy) is 1. The molecule has 0 amide bonds. The SMILES string of the molecule is [O-][S@+]1CCc2nc(-c3ccc(OC(F)(F)F)cc3)nc(NC3(CO)CCC3)c21. The number of hydrogen-bond donors (Lipinski definition) is 2. The van der Waals surface area contributed by atoms with E-state index in [2.05, 4.69) is 20.0 Å². The Morgan fingerprint density at radius 3 is 2.50 bits per heavy atom. The molecular formula is C18H18F3N3O3S. The van der Waals surface area contributed by atoms with Crippen molar-refractivity contribution in [3.63, 3.8) is 0 Å². The number of aliphatic hydroxyl groups is 1. The molecule has 0 unspecified atom stereocenters. The zero-order valence-electron chi connectivity index (χ0n) is 14.8. The Labute approximate surface area is 162 Å². The summed E-state index contributed by atoms with van der Waals surface area (Å²) in [5.74, 6) is 0.879. The van der Waals surface area contributed by atoms with E-state index in [4.69, 9.17) is 0 Å². The van der Waals surface area contributed by atoms with Crippen LogP contribution in [0.25, 0.3) is 11.4 Å². The zero-order chi connectivity index (χ0) is 19.9. The maximum atomic E-state index is 12.4. The molecule has 1 aliphatic heterocycles. The number of nitrogens with zero attached hydrogens (tertiary/aromatic N) is 2. The van der Waals surface area contributed by atoms with Gasteiger partial charge in [0.2, 0.25) is 4.90 Å². The van der Waals surface area contributed by atoms with Gasteiger partial charge in [0.15, 0.2) is 11.6 Å². The molecule has 1 aromatic carbocycles. The summed E-state index contributed by atoms with van der Waals surface area (Å²) in [6.45, 7) is -0.0583. The third kappa shape index (κ3) is 3.76. The minimum absolute atomic E-state index is 0.0583. The van der Waals surface area contributed by atoms with Crippen LogP contribution in [0.4, 0.5) is 19.0 Å². The third-order valence-corrected chi connectivity index (χ3v) is 6.49. The molecule has 6 nitrogen and oxygen atoms in total. The number of nitrogens with one attached hydrogen (secondary N) is 1. The molecule has 2 heterocycles. The monoisotopic (exact) mass is 413 g/mol. The van der Waals surface area contributed by atoms with E-state index in [9.17, 15) is 22.8 Å². The summed E-state index contributed by atoms with van der Waals surface area (Å²) in [5.41, 5.74) is 0.704. The second-order valence-electron chi connectivity index (χ2n) is 6.96. The number of anilines is 1. The van der Waals surface area contributed by atoms with E-state index in [0.717, 1.165) is 19.3 Å². The van der Waals surface area contributed by atoms with E-state index in [0.29, 0.717) is 40.0 Å². The second-order valence-corrected chi connectivity index (χ2v) is 8.47. The van der Waals surface area contributed by atoms with Crippen LogP contribution in [0.1, 0.15) is 25.0 Å². The van der Waals surface area contributed by atoms with Gasteiger partial charge in [-0.3, -0.25) is 0 Å². The first kappa shape index (κ1) is 19.3. The fourth-order valence-electron chi connectivity index (χ4n) is 3.39. The van der Waals surface area contributed by atoms with Crippen LogP contribution in [-0.4, -0.2) is 43.9 Å². The van der Waals surface area contributed by atoms with Gasteiger partial charge in [-0.1, -0.05) is 0 Å². The van der Waals surface area contributed by atoms with Crippen LogP contribution < -0.4 is 10.1 Å². The molecule has 0 spiro atoms. The Balaban J connectivity index is 1.67. The maximum absolute atomic E-state index is 12.4. The largest absolute Gasteiger partial charge is 0.611 e. The van der Waals surface area contributed by atoms with Gasteiger partial charge in [0.1, 0.15) is 17.2 Å². The number of alkyl halides is 3. The Morgan fingerprint density at radius 1 is 1.21 bits per heavy atom. The van der Waals surface area contributed by atoms with E-state index in [-0.39, 0.29) is 12.4 Å². The predicted molar refractivity (Wildman–Crippen MR) is 96.4 cm³/mol. The lowest BCUT2D eigenvalue weighted by Gasteiger charge is -2.41. The van der Waals surface area contributed by atoms with Crippen LogP contribution in [0.5, 0.6) is 5.75 Å². The first-order valence-electron chi connectivity index (χ1n) is 8.83. The highest BCUT2D eigenvalue weighted by Gasteiger charge is 2.40. The van der Waals surface area contributed by atoms with Crippen molar-refractivity contribution in [1.82, 2.24) is 9.97 Å². The number of hydrogen-bond acceptors (Lipinski definition) is 6. The lowest BCUT2D eigenvalue weighted by atomic mass is 9.77. The molecule has 1 saturated carbocycles. The fourth-order valence-corrected chi connectivity index (χ4v) is 4.70. The smallest absolute Gasteiger partial charge is 0.573 e. The minimum atomic E-state index is -4.76. The Hall–Kier alpha value is -2.04. The second kappa shape index (κ2) is 7.09. The molecule has 2 N–H and O–H groups in total. The van der Waals surface area contributed by atoms with Gasteiger partial charge < -0.3 is 19.7 Å². The van der Waals surface area contributed by atoms with Gasteiger partial charge in [0.05, 0.1) is 12.1 Å². The van der Waals surface area contributed by atoms with Crippen molar-refractivity contribution in [2.45, 2.75) is 42.5 Å². The summed E-state index contributed by atoms with van der Waals surface area (Å²) in [5, 5.41) is 13.0. The summed E-state index contributed by atoms with van der Waals surface area (Å²) in [6, 6.07) is 5.30. The molecule has 150 valence electrons. The molecule has 28 heavy (non-hydrogen) atoms. The first-order chi connectivity index (χ1) is 13.3. The molecule has 1 fully saturated rings. The number of fused-ring (bicyclic) bond motifs is 1. The standard InChI is InChI=1S/C18H18F3N3O3S/c19-18(20,21)27-12-4-2-11(3-5-12)15-22-13-6-9-28(26)14(13)16(23-15)24-17(10-25)7-1-8-17/h2-5,25H,1,6-10H2,(H,22,23,24)/t28-/m1/s1. The van der Waals surface area contributed by atoms with Gasteiger partial charge in [-0.25, -0.2) is 9.97 Å². The van der Waals surface area contributed by atoms with Crippen molar-refractivity contribution in [3.05, 3.63) is 30.0 Å². The molecule has 2 aromatic rings. The van der Waals surface area contributed by atoms with Crippen LogP contribution >= 0.6 is 0 Å². The normalized spacial score (nSPS) is 20.4. The Kier molecular flexibility index (Phi) is 4.88. The number of aliphatic hydroxyl groups excluding tert-OH is 1. The molecule has 1 atom stereocenters. The van der Waals surface area contributed by atoms with E-state index in [1.165, 1.54) is 24.3 Å². The zero-order valence-corrected chi connectivity index (χ0v) is 15.6. The van der Waals surface area contributed by atoms with Crippen LogP contribution in [0.15, 0.2) is 29.2 Å². The third-order valence-electron chi connectivity index (χ3n) is 5.03. The van der Waals surface area contributed by atoms with Crippen molar-refractivity contribution in [3.8, 4) is 17.1 Å². The van der Waals surface area contributed by atoms with Gasteiger partial charge in [0.25, 0.3) is 0 Å². The van der Waals surface area contributed by atoms with Gasteiger partial charge in [-0.15, -0.1) is 13.2 Å². The molecule has 10 heteroatoms. The number of aromatic nitrogens is 2. The van der Waals surface area contributed by atoms with E-state index < -0.39 is 23.1 Å². The molecular weight excluding hydrogens is 395 g/mol. The summed E-state index contributed by atoms with van der Waals surface area (Å²) >= 11 is -1.22. The molecule has 1 aliphatic carbocycles. The van der Waals surface area contributed by atoms with Crippen molar-refractivity contribution in [2.75, 3.05) is 17.7 Å². The summed E-state index contributed by atoms with van der Waals surface area (Å²) in [7, 11) is 0. The lowest BCUT2D eigenvalue weighted by molar-refractivity contribution is -0.274. The van der Waals surface area contributed by atoms with Gasteiger partial charge in [0, 0.05) is 12.0 Å². The minimum Gasteiger partial charge on any atom is -0.611 e. The average molecular weight is 413 g/mol. The fraction of sp³-hybridized carbons (Fsp3) is 0.444. The molecule has 0 saturated heterocycles. The van der Waals surface area contributed by atoms with Gasteiger partial charge in [-0.05, 0) is 54.7 Å². The van der Waals surface area contributed by atoms with Crippen molar-refractivity contribution in [2.24, 2.45) is 0 Å². The average Bonchev–Trinajstić information content (AvgIpc) is 2.98. The molecule has 0 radical (unpaired) electrons. The predicted octanol–water partition coefficient (Wildman–Crippen LogP) is 3.03. The summed E-state index contributed by atoms with van der Waals surface area (Å²) in [4.78, 5) is 9.52. The quantitative estimate of drug-likeness (QED) is 0.733. The first-order valence-corrected chi connectivity index (χ1v) is 10.1. The van der Waals surface area contributed by atoms with Crippen molar-refractivity contribution in [1.29, 1.82) is 0 Å². The highest BCUT2D eigenvalue weighted by atomic mass is 32.2. The van der Waals surface area contributed by atoms with Crippen LogP contribution in [-0.2, 0) is 17.6 Å².